The monoisotopic (exact) mass is 313 g/mol. The first-order valence-electron chi connectivity index (χ1n) is 7.43. The van der Waals surface area contributed by atoms with E-state index in [0.717, 1.165) is 23.5 Å². The lowest BCUT2D eigenvalue weighted by atomic mass is 9.89. The first-order chi connectivity index (χ1) is 9.76. The number of carbonyl (C=O) groups excluding carboxylic acids is 1. The Balaban J connectivity index is 2.30. The van der Waals surface area contributed by atoms with Gasteiger partial charge in [-0.1, -0.05) is 20.3 Å². The third-order valence-corrected chi connectivity index (χ3v) is 5.05. The van der Waals surface area contributed by atoms with Gasteiger partial charge in [0.05, 0.1) is 16.3 Å². The third-order valence-electron chi connectivity index (χ3n) is 3.92. The van der Waals surface area contributed by atoms with Crippen LogP contribution in [0, 0.1) is 19.8 Å². The number of aliphatic hydroxyl groups is 1. The minimum Gasteiger partial charge on any atom is -0.388 e. The average molecular weight is 313 g/mol. The molecule has 0 spiro atoms. The molecule has 1 aromatic heterocycles. The number of urea groups is 1. The molecule has 120 valence electrons. The quantitative estimate of drug-likeness (QED) is 0.723. The third kappa shape index (κ3) is 5.63. The molecule has 2 amide bonds. The molecule has 0 aliphatic heterocycles. The average Bonchev–Trinajstić information content (AvgIpc) is 2.74. The predicted molar refractivity (Wildman–Crippen MR) is 86.8 cm³/mol. The Hall–Kier alpha value is -1.14. The van der Waals surface area contributed by atoms with Gasteiger partial charge in [0.25, 0.3) is 0 Å². The maximum absolute atomic E-state index is 11.7. The lowest BCUT2D eigenvalue weighted by molar-refractivity contribution is 0.00792. The van der Waals surface area contributed by atoms with Crippen molar-refractivity contribution in [2.45, 2.75) is 53.1 Å². The molecular weight excluding hydrogens is 286 g/mol. The zero-order chi connectivity index (χ0) is 16.0. The van der Waals surface area contributed by atoms with Crippen LogP contribution in [0.2, 0.25) is 0 Å². The van der Waals surface area contributed by atoms with E-state index in [2.05, 4.69) is 15.6 Å². The van der Waals surface area contributed by atoms with Gasteiger partial charge in [-0.05, 0) is 26.7 Å². The highest BCUT2D eigenvalue weighted by molar-refractivity contribution is 7.11. The van der Waals surface area contributed by atoms with Crippen LogP contribution in [0.1, 0.15) is 42.8 Å². The Morgan fingerprint density at radius 3 is 2.62 bits per heavy atom. The Morgan fingerprint density at radius 1 is 1.43 bits per heavy atom. The van der Waals surface area contributed by atoms with Gasteiger partial charge < -0.3 is 15.7 Å². The van der Waals surface area contributed by atoms with Crippen molar-refractivity contribution >= 4 is 17.4 Å². The second kappa shape index (κ2) is 7.75. The predicted octanol–water partition coefficient (Wildman–Crippen LogP) is 2.40. The van der Waals surface area contributed by atoms with Gasteiger partial charge in [-0.2, -0.15) is 0 Å². The molecule has 5 nitrogen and oxygen atoms in total. The SMILES string of the molecule is CCC(C)C(C)(O)CNC(=O)NCCc1sc(C)nc1C. The van der Waals surface area contributed by atoms with Gasteiger partial charge in [0.2, 0.25) is 0 Å². The summed E-state index contributed by atoms with van der Waals surface area (Å²) in [5, 5.41) is 16.8. The molecule has 2 atom stereocenters. The molecule has 6 heteroatoms. The number of nitrogens with one attached hydrogen (secondary N) is 2. The highest BCUT2D eigenvalue weighted by atomic mass is 32.1. The van der Waals surface area contributed by atoms with E-state index >= 15 is 0 Å². The smallest absolute Gasteiger partial charge is 0.314 e. The molecule has 0 fully saturated rings. The van der Waals surface area contributed by atoms with Gasteiger partial charge >= 0.3 is 6.03 Å². The lowest BCUT2D eigenvalue weighted by Gasteiger charge is -2.29. The van der Waals surface area contributed by atoms with Crippen LogP contribution in [0.4, 0.5) is 4.79 Å². The molecule has 0 saturated carbocycles. The number of rotatable bonds is 7. The van der Waals surface area contributed by atoms with E-state index in [0.29, 0.717) is 6.54 Å². The summed E-state index contributed by atoms with van der Waals surface area (Å²) in [6, 6.07) is -0.238. The maximum atomic E-state index is 11.7. The minimum absolute atomic E-state index is 0.139. The van der Waals surface area contributed by atoms with E-state index in [1.165, 1.54) is 4.88 Å². The van der Waals surface area contributed by atoms with E-state index in [4.69, 9.17) is 0 Å². The van der Waals surface area contributed by atoms with Crippen LogP contribution in [-0.4, -0.2) is 34.8 Å². The molecule has 1 rings (SSSR count). The van der Waals surface area contributed by atoms with Gasteiger partial charge in [-0.25, -0.2) is 9.78 Å². The van der Waals surface area contributed by atoms with Crippen molar-refractivity contribution in [1.82, 2.24) is 15.6 Å². The summed E-state index contributed by atoms with van der Waals surface area (Å²) in [4.78, 5) is 17.3. The molecule has 0 bridgehead atoms. The molecule has 0 aliphatic carbocycles. The summed E-state index contributed by atoms with van der Waals surface area (Å²) in [5.41, 5.74) is 0.164. The van der Waals surface area contributed by atoms with Crippen LogP contribution in [0.3, 0.4) is 0 Å². The van der Waals surface area contributed by atoms with Crippen LogP contribution in [-0.2, 0) is 6.42 Å². The second-order valence-electron chi connectivity index (χ2n) is 5.77. The molecule has 1 heterocycles. The number of nitrogens with zero attached hydrogens (tertiary/aromatic N) is 1. The molecule has 3 N–H and O–H groups in total. The molecule has 0 aromatic carbocycles. The number of aromatic nitrogens is 1. The summed E-state index contributed by atoms with van der Waals surface area (Å²) in [6.07, 6.45) is 1.66. The summed E-state index contributed by atoms with van der Waals surface area (Å²) in [7, 11) is 0. The van der Waals surface area contributed by atoms with Crippen molar-refractivity contribution in [1.29, 1.82) is 0 Å². The van der Waals surface area contributed by atoms with E-state index in [1.54, 1.807) is 18.3 Å². The van der Waals surface area contributed by atoms with Crippen molar-refractivity contribution in [3.05, 3.63) is 15.6 Å². The Kier molecular flexibility index (Phi) is 6.61. The van der Waals surface area contributed by atoms with Crippen LogP contribution in [0.15, 0.2) is 0 Å². The topological polar surface area (TPSA) is 74.2 Å². The molecule has 1 aromatic rings. The van der Waals surface area contributed by atoms with E-state index in [1.807, 2.05) is 27.7 Å². The number of hydrogen-bond acceptors (Lipinski definition) is 4. The normalized spacial score (nSPS) is 15.3. The molecule has 0 aliphatic rings. The molecule has 21 heavy (non-hydrogen) atoms. The first-order valence-corrected chi connectivity index (χ1v) is 8.25. The highest BCUT2D eigenvalue weighted by Gasteiger charge is 2.27. The maximum Gasteiger partial charge on any atom is 0.314 e. The van der Waals surface area contributed by atoms with Crippen molar-refractivity contribution in [2.75, 3.05) is 13.1 Å². The second-order valence-corrected chi connectivity index (χ2v) is 7.06. The van der Waals surface area contributed by atoms with Gasteiger partial charge in [0, 0.05) is 24.4 Å². The van der Waals surface area contributed by atoms with Crippen LogP contribution in [0.5, 0.6) is 0 Å². The Labute approximate surface area is 131 Å². The van der Waals surface area contributed by atoms with Crippen LogP contribution >= 0.6 is 11.3 Å². The van der Waals surface area contributed by atoms with Crippen molar-refractivity contribution in [2.24, 2.45) is 5.92 Å². The zero-order valence-electron chi connectivity index (χ0n) is 13.6. The Bertz CT molecular complexity index is 471. The highest BCUT2D eigenvalue weighted by Crippen LogP contribution is 2.19. The number of thiazole rings is 1. The van der Waals surface area contributed by atoms with Crippen LogP contribution in [0.25, 0.3) is 0 Å². The van der Waals surface area contributed by atoms with Gasteiger partial charge in [-0.15, -0.1) is 11.3 Å². The van der Waals surface area contributed by atoms with E-state index in [9.17, 15) is 9.90 Å². The summed E-state index contributed by atoms with van der Waals surface area (Å²) < 4.78 is 0. The van der Waals surface area contributed by atoms with Gasteiger partial charge in [-0.3, -0.25) is 0 Å². The van der Waals surface area contributed by atoms with Gasteiger partial charge in [0.15, 0.2) is 0 Å². The Morgan fingerprint density at radius 2 is 2.10 bits per heavy atom. The van der Waals surface area contributed by atoms with Crippen molar-refractivity contribution < 1.29 is 9.90 Å². The fourth-order valence-corrected chi connectivity index (χ4v) is 2.97. The fourth-order valence-electron chi connectivity index (χ4n) is 2.03. The summed E-state index contributed by atoms with van der Waals surface area (Å²) in [6.45, 7) is 10.6. The molecular formula is C15H27N3O2S. The largest absolute Gasteiger partial charge is 0.388 e. The standard InChI is InChI=1S/C15H27N3O2S/c1-6-10(2)15(5,20)9-17-14(19)16-8-7-13-11(3)18-12(4)21-13/h10,20H,6-9H2,1-5H3,(H2,16,17,19). The fraction of sp³-hybridized carbons (Fsp3) is 0.733. The summed E-state index contributed by atoms with van der Waals surface area (Å²) >= 11 is 1.67. The molecule has 2 unspecified atom stereocenters. The van der Waals surface area contributed by atoms with E-state index < -0.39 is 5.60 Å². The molecule has 0 saturated heterocycles. The van der Waals surface area contributed by atoms with Crippen molar-refractivity contribution in [3.8, 4) is 0 Å². The van der Waals surface area contributed by atoms with Gasteiger partial charge in [0.1, 0.15) is 0 Å². The zero-order valence-corrected chi connectivity index (χ0v) is 14.4. The minimum atomic E-state index is -0.878. The first kappa shape index (κ1) is 17.9. The number of amides is 2. The number of carbonyl (C=O) groups is 1. The number of hydrogen-bond donors (Lipinski definition) is 3. The van der Waals surface area contributed by atoms with E-state index in [-0.39, 0.29) is 18.5 Å². The summed E-state index contributed by atoms with van der Waals surface area (Å²) in [5.74, 6) is 0.139. The lowest BCUT2D eigenvalue weighted by Crippen LogP contribution is -2.48. The number of aryl methyl sites for hydroxylation is 2. The van der Waals surface area contributed by atoms with Crippen LogP contribution < -0.4 is 10.6 Å². The van der Waals surface area contributed by atoms with Crippen molar-refractivity contribution in [3.63, 3.8) is 0 Å². The molecule has 0 radical (unpaired) electrons.